The van der Waals surface area contributed by atoms with Gasteiger partial charge in [0.15, 0.2) is 11.6 Å². The first-order valence-electron chi connectivity index (χ1n) is 6.24. The molecule has 0 saturated carbocycles. The van der Waals surface area contributed by atoms with Gasteiger partial charge in [-0.15, -0.1) is 0 Å². The number of nitrogens with one attached hydrogen (secondary N) is 1. The molecule has 0 spiro atoms. The third-order valence-electron chi connectivity index (χ3n) is 3.27. The minimum Gasteiger partial charge on any atom is -0.365 e. The van der Waals surface area contributed by atoms with E-state index in [1.54, 1.807) is 4.90 Å². The molecule has 0 radical (unpaired) electrons. The molecule has 0 amide bonds. The standard InChI is InChI=1S/C13H17F3N2/c1-2-10-8-18(5-3-4-17-10)13-11(15)6-9(14)7-12(13)16/h6-7,10,17H,2-5,8H2,1H3. The zero-order chi connectivity index (χ0) is 13.1. The average Bonchev–Trinajstić information content (AvgIpc) is 2.53. The summed E-state index contributed by atoms with van der Waals surface area (Å²) in [6, 6.07) is 1.67. The van der Waals surface area contributed by atoms with Gasteiger partial charge in [0.1, 0.15) is 11.5 Å². The first kappa shape index (κ1) is 13.2. The number of halogens is 3. The van der Waals surface area contributed by atoms with E-state index in [-0.39, 0.29) is 11.7 Å². The highest BCUT2D eigenvalue weighted by molar-refractivity contribution is 5.49. The molecule has 1 aromatic carbocycles. The Morgan fingerprint density at radius 2 is 1.94 bits per heavy atom. The molecule has 0 aromatic heterocycles. The van der Waals surface area contributed by atoms with E-state index in [9.17, 15) is 13.2 Å². The van der Waals surface area contributed by atoms with E-state index in [0.717, 1.165) is 31.5 Å². The quantitative estimate of drug-likeness (QED) is 0.877. The van der Waals surface area contributed by atoms with Gasteiger partial charge in [-0.1, -0.05) is 6.92 Å². The monoisotopic (exact) mass is 258 g/mol. The Balaban J connectivity index is 2.29. The van der Waals surface area contributed by atoms with Crippen LogP contribution in [-0.2, 0) is 0 Å². The molecule has 0 bridgehead atoms. The molecular formula is C13H17F3N2. The maximum Gasteiger partial charge on any atom is 0.152 e. The molecule has 1 N–H and O–H groups in total. The number of hydrogen-bond acceptors (Lipinski definition) is 2. The van der Waals surface area contributed by atoms with Crippen molar-refractivity contribution in [3.8, 4) is 0 Å². The lowest BCUT2D eigenvalue weighted by Gasteiger charge is -2.26. The summed E-state index contributed by atoms with van der Waals surface area (Å²) >= 11 is 0. The fourth-order valence-corrected chi connectivity index (χ4v) is 2.31. The van der Waals surface area contributed by atoms with Crippen molar-refractivity contribution in [1.29, 1.82) is 0 Å². The number of benzene rings is 1. The molecular weight excluding hydrogens is 241 g/mol. The Bertz CT molecular complexity index is 400. The van der Waals surface area contributed by atoms with Crippen LogP contribution in [0.1, 0.15) is 19.8 Å². The number of nitrogens with zero attached hydrogens (tertiary/aromatic N) is 1. The van der Waals surface area contributed by atoms with Crippen LogP contribution >= 0.6 is 0 Å². The smallest absolute Gasteiger partial charge is 0.152 e. The highest BCUT2D eigenvalue weighted by atomic mass is 19.1. The Morgan fingerprint density at radius 1 is 1.28 bits per heavy atom. The van der Waals surface area contributed by atoms with Gasteiger partial charge in [-0.3, -0.25) is 0 Å². The van der Waals surface area contributed by atoms with E-state index in [1.807, 2.05) is 6.92 Å². The van der Waals surface area contributed by atoms with Crippen molar-refractivity contribution in [2.24, 2.45) is 0 Å². The molecule has 1 aromatic rings. The third kappa shape index (κ3) is 2.77. The van der Waals surface area contributed by atoms with Crippen molar-refractivity contribution in [2.75, 3.05) is 24.5 Å². The summed E-state index contributed by atoms with van der Waals surface area (Å²) in [6.45, 7) is 3.97. The second-order valence-corrected chi connectivity index (χ2v) is 4.58. The van der Waals surface area contributed by atoms with Crippen LogP contribution in [0, 0.1) is 17.5 Å². The predicted molar refractivity (Wildman–Crippen MR) is 65.2 cm³/mol. The summed E-state index contributed by atoms with van der Waals surface area (Å²) in [5.74, 6) is -2.54. The van der Waals surface area contributed by atoms with Crippen LogP contribution in [-0.4, -0.2) is 25.7 Å². The topological polar surface area (TPSA) is 15.3 Å². The van der Waals surface area contributed by atoms with E-state index < -0.39 is 17.5 Å². The molecule has 18 heavy (non-hydrogen) atoms. The fourth-order valence-electron chi connectivity index (χ4n) is 2.31. The highest BCUT2D eigenvalue weighted by Crippen LogP contribution is 2.25. The van der Waals surface area contributed by atoms with Crippen LogP contribution in [0.25, 0.3) is 0 Å². The predicted octanol–water partition coefficient (Wildman–Crippen LogP) is 2.68. The Hall–Kier alpha value is -1.23. The zero-order valence-corrected chi connectivity index (χ0v) is 10.3. The van der Waals surface area contributed by atoms with E-state index >= 15 is 0 Å². The van der Waals surface area contributed by atoms with Gasteiger partial charge >= 0.3 is 0 Å². The van der Waals surface area contributed by atoms with Gasteiger partial charge < -0.3 is 10.2 Å². The zero-order valence-electron chi connectivity index (χ0n) is 10.3. The Labute approximate surface area is 105 Å². The van der Waals surface area contributed by atoms with Crippen LogP contribution in [0.5, 0.6) is 0 Å². The largest absolute Gasteiger partial charge is 0.365 e. The Morgan fingerprint density at radius 3 is 2.56 bits per heavy atom. The van der Waals surface area contributed by atoms with Crippen molar-refractivity contribution < 1.29 is 13.2 Å². The third-order valence-corrected chi connectivity index (χ3v) is 3.27. The minimum atomic E-state index is -0.881. The second-order valence-electron chi connectivity index (χ2n) is 4.58. The molecule has 1 heterocycles. The lowest BCUT2D eigenvalue weighted by Crippen LogP contribution is -2.37. The van der Waals surface area contributed by atoms with Crippen molar-refractivity contribution in [1.82, 2.24) is 5.32 Å². The lowest BCUT2D eigenvalue weighted by molar-refractivity contribution is 0.513. The lowest BCUT2D eigenvalue weighted by atomic mass is 10.2. The molecule has 1 aliphatic heterocycles. The summed E-state index contributed by atoms with van der Waals surface area (Å²) < 4.78 is 40.3. The molecule has 1 atom stereocenters. The van der Waals surface area contributed by atoms with Crippen molar-refractivity contribution in [3.05, 3.63) is 29.6 Å². The van der Waals surface area contributed by atoms with Gasteiger partial charge in [0.05, 0.1) is 0 Å². The average molecular weight is 258 g/mol. The normalized spacial score (nSPS) is 20.9. The van der Waals surface area contributed by atoms with Crippen molar-refractivity contribution in [3.63, 3.8) is 0 Å². The van der Waals surface area contributed by atoms with Crippen molar-refractivity contribution >= 4 is 5.69 Å². The highest BCUT2D eigenvalue weighted by Gasteiger charge is 2.22. The molecule has 1 fully saturated rings. The molecule has 1 aliphatic rings. The molecule has 2 rings (SSSR count). The number of anilines is 1. The summed E-state index contributed by atoms with van der Waals surface area (Å²) in [6.07, 6.45) is 1.70. The van der Waals surface area contributed by atoms with Crippen LogP contribution in [0.3, 0.4) is 0 Å². The van der Waals surface area contributed by atoms with Crippen LogP contribution in [0.4, 0.5) is 18.9 Å². The maximum atomic E-state index is 13.7. The van der Waals surface area contributed by atoms with Gasteiger partial charge in [-0.2, -0.15) is 0 Å². The summed E-state index contributed by atoms with van der Waals surface area (Å²) in [7, 11) is 0. The molecule has 2 nitrogen and oxygen atoms in total. The SMILES string of the molecule is CCC1CN(c2c(F)cc(F)cc2F)CCCN1. The number of hydrogen-bond donors (Lipinski definition) is 1. The second kappa shape index (κ2) is 5.61. The fraction of sp³-hybridized carbons (Fsp3) is 0.538. The number of rotatable bonds is 2. The van der Waals surface area contributed by atoms with Gasteiger partial charge in [0.25, 0.3) is 0 Å². The van der Waals surface area contributed by atoms with E-state index in [2.05, 4.69) is 5.32 Å². The minimum absolute atomic E-state index is 0.112. The van der Waals surface area contributed by atoms with Crippen LogP contribution in [0.2, 0.25) is 0 Å². The van der Waals surface area contributed by atoms with Gasteiger partial charge in [0.2, 0.25) is 0 Å². The first-order chi connectivity index (χ1) is 8.61. The van der Waals surface area contributed by atoms with E-state index in [0.29, 0.717) is 13.1 Å². The maximum absolute atomic E-state index is 13.7. The van der Waals surface area contributed by atoms with E-state index in [4.69, 9.17) is 0 Å². The van der Waals surface area contributed by atoms with Gasteiger partial charge in [-0.25, -0.2) is 13.2 Å². The molecule has 5 heteroatoms. The summed E-state index contributed by atoms with van der Waals surface area (Å²) in [5, 5.41) is 3.32. The van der Waals surface area contributed by atoms with Crippen LogP contribution in [0.15, 0.2) is 12.1 Å². The molecule has 1 saturated heterocycles. The van der Waals surface area contributed by atoms with Gasteiger partial charge in [0, 0.05) is 31.3 Å². The first-order valence-corrected chi connectivity index (χ1v) is 6.24. The summed E-state index contributed by atoms with van der Waals surface area (Å²) in [5.41, 5.74) is -0.112. The Kier molecular flexibility index (Phi) is 4.11. The van der Waals surface area contributed by atoms with E-state index in [1.165, 1.54) is 0 Å². The van der Waals surface area contributed by atoms with Crippen LogP contribution < -0.4 is 10.2 Å². The molecule has 0 aliphatic carbocycles. The molecule has 100 valence electrons. The van der Waals surface area contributed by atoms with Gasteiger partial charge in [-0.05, 0) is 19.4 Å². The summed E-state index contributed by atoms with van der Waals surface area (Å²) in [4.78, 5) is 1.66. The van der Waals surface area contributed by atoms with Crippen molar-refractivity contribution in [2.45, 2.75) is 25.8 Å². The molecule has 1 unspecified atom stereocenters.